The molecule has 3 aromatic rings. The van der Waals surface area contributed by atoms with Gasteiger partial charge in [-0.25, -0.2) is 0 Å². The molecule has 5 heteroatoms. The number of carbonyl (C=O) groups excluding carboxylic acids is 1. The van der Waals surface area contributed by atoms with E-state index in [-0.39, 0.29) is 10.8 Å². The molecular formula is C15H11NO3S. The summed E-state index contributed by atoms with van der Waals surface area (Å²) in [5.74, 6) is -0.374. The number of nitrogens with zero attached hydrogens (tertiary/aromatic N) is 1. The fourth-order valence-corrected chi connectivity index (χ4v) is 2.16. The van der Waals surface area contributed by atoms with Gasteiger partial charge in [0.2, 0.25) is 0 Å². The van der Waals surface area contributed by atoms with Crippen molar-refractivity contribution in [2.75, 3.05) is 0 Å². The fraction of sp³-hybridized carbons (Fsp3) is 0.0667. The lowest BCUT2D eigenvalue weighted by Gasteiger charge is -2.10. The fourth-order valence-electron chi connectivity index (χ4n) is 2.03. The molecule has 3 rings (SSSR count). The molecule has 0 saturated heterocycles. The topological polar surface area (TPSA) is 48.3 Å². The van der Waals surface area contributed by atoms with E-state index in [1.807, 2.05) is 49.4 Å². The molecule has 0 aliphatic heterocycles. The van der Waals surface area contributed by atoms with Gasteiger partial charge in [-0.1, -0.05) is 48.0 Å². The van der Waals surface area contributed by atoms with Crippen LogP contribution in [0.15, 0.2) is 57.6 Å². The van der Waals surface area contributed by atoms with Crippen molar-refractivity contribution in [2.45, 2.75) is 6.92 Å². The van der Waals surface area contributed by atoms with Gasteiger partial charge >= 0.3 is 10.8 Å². The summed E-state index contributed by atoms with van der Waals surface area (Å²) >= 11 is 4.64. The maximum atomic E-state index is 12.3. The third kappa shape index (κ3) is 2.23. The van der Waals surface area contributed by atoms with Gasteiger partial charge in [-0.05, 0) is 24.1 Å². The van der Waals surface area contributed by atoms with Crippen LogP contribution in [0.4, 0.5) is 0 Å². The summed E-state index contributed by atoms with van der Waals surface area (Å²) in [7, 11) is 0. The van der Waals surface area contributed by atoms with Gasteiger partial charge in [0.1, 0.15) is 0 Å². The lowest BCUT2D eigenvalue weighted by atomic mass is 9.97. The summed E-state index contributed by atoms with van der Waals surface area (Å²) in [5.41, 5.74) is 3.28. The summed E-state index contributed by atoms with van der Waals surface area (Å²) < 4.78 is 9.76. The number of rotatable bonds is 2. The van der Waals surface area contributed by atoms with E-state index in [9.17, 15) is 4.79 Å². The van der Waals surface area contributed by atoms with Crippen LogP contribution in [0.25, 0.3) is 11.1 Å². The molecule has 0 saturated carbocycles. The molecule has 1 aromatic heterocycles. The van der Waals surface area contributed by atoms with Crippen LogP contribution < -0.4 is 0 Å². The largest absolute Gasteiger partial charge is 0.409 e. The van der Waals surface area contributed by atoms with Gasteiger partial charge in [0.15, 0.2) is 0 Å². The van der Waals surface area contributed by atoms with Crippen LogP contribution in [-0.4, -0.2) is 10.8 Å². The maximum absolute atomic E-state index is 12.3. The zero-order valence-corrected chi connectivity index (χ0v) is 11.5. The molecule has 4 nitrogen and oxygen atoms in total. The van der Waals surface area contributed by atoms with Crippen molar-refractivity contribution in [3.8, 4) is 11.1 Å². The third-order valence-corrected chi connectivity index (χ3v) is 3.12. The van der Waals surface area contributed by atoms with Gasteiger partial charge in [-0.3, -0.25) is 13.8 Å². The van der Waals surface area contributed by atoms with E-state index in [4.69, 9.17) is 9.05 Å². The highest BCUT2D eigenvalue weighted by Gasteiger charge is 2.19. The van der Waals surface area contributed by atoms with Crippen molar-refractivity contribution in [1.82, 2.24) is 4.91 Å². The molecular weight excluding hydrogens is 274 g/mol. The molecule has 0 amide bonds. The molecule has 0 atom stereocenters. The Bertz CT molecular complexity index is 796. The predicted molar refractivity (Wildman–Crippen MR) is 76.1 cm³/mol. The van der Waals surface area contributed by atoms with Crippen LogP contribution in [0.1, 0.15) is 15.9 Å². The number of benzene rings is 2. The van der Waals surface area contributed by atoms with E-state index in [1.165, 1.54) is 0 Å². The van der Waals surface area contributed by atoms with Crippen LogP contribution in [0.2, 0.25) is 0 Å². The minimum atomic E-state index is -0.374. The van der Waals surface area contributed by atoms with E-state index in [0.29, 0.717) is 5.56 Å². The molecule has 0 unspecified atom stereocenters. The van der Waals surface area contributed by atoms with Gasteiger partial charge in [-0.15, -0.1) is 0 Å². The van der Waals surface area contributed by atoms with Gasteiger partial charge in [0.25, 0.3) is 0 Å². The summed E-state index contributed by atoms with van der Waals surface area (Å²) in [6, 6.07) is 15.4. The van der Waals surface area contributed by atoms with Gasteiger partial charge < -0.3 is 0 Å². The van der Waals surface area contributed by atoms with E-state index in [2.05, 4.69) is 12.2 Å². The molecule has 2 aromatic carbocycles. The van der Waals surface area contributed by atoms with Gasteiger partial charge in [-0.2, -0.15) is 0 Å². The normalized spacial score (nSPS) is 10.7. The molecule has 0 aliphatic rings. The molecule has 0 bridgehead atoms. The first-order chi connectivity index (χ1) is 9.65. The molecule has 0 aliphatic carbocycles. The van der Waals surface area contributed by atoms with Crippen molar-refractivity contribution in [3.63, 3.8) is 0 Å². The number of carbonyl (C=O) groups is 1. The monoisotopic (exact) mass is 285 g/mol. The lowest BCUT2D eigenvalue weighted by molar-refractivity contribution is -0.0398. The molecule has 0 radical (unpaired) electrons. The molecule has 0 spiro atoms. The van der Waals surface area contributed by atoms with E-state index in [0.717, 1.165) is 21.6 Å². The zero-order chi connectivity index (χ0) is 14.1. The zero-order valence-electron chi connectivity index (χ0n) is 10.7. The van der Waals surface area contributed by atoms with Crippen LogP contribution in [0.3, 0.4) is 0 Å². The highest BCUT2D eigenvalue weighted by atomic mass is 32.1. The average Bonchev–Trinajstić information content (AvgIpc) is 2.44. The van der Waals surface area contributed by atoms with Crippen molar-refractivity contribution >= 4 is 18.1 Å². The van der Waals surface area contributed by atoms with Crippen molar-refractivity contribution in [2.24, 2.45) is 0 Å². The Kier molecular flexibility index (Phi) is 3.12. The summed E-state index contributed by atoms with van der Waals surface area (Å²) in [6.07, 6.45) is 0. The van der Waals surface area contributed by atoms with Crippen LogP contribution in [0.5, 0.6) is 0 Å². The minimum absolute atomic E-state index is 0.0488. The smallest absolute Gasteiger partial charge is 0.288 e. The second kappa shape index (κ2) is 4.94. The number of hydrogen-bond donors (Lipinski definition) is 0. The SMILES string of the molecule is Cc1ccc(-c2ccccc2)c(C(=O)n2oc(=S)o2)c1. The summed E-state index contributed by atoms with van der Waals surface area (Å²) in [6.45, 7) is 1.92. The standard InChI is InChI=1S/C15H11NO3S/c1-10-7-8-12(11-5-3-2-4-6-11)13(9-10)14(17)16-18-15(20)19-16/h2-9H,1H3. The first-order valence-corrected chi connectivity index (χ1v) is 6.46. The molecule has 20 heavy (non-hydrogen) atoms. The lowest BCUT2D eigenvalue weighted by Crippen LogP contribution is -2.15. The second-order valence-corrected chi connectivity index (χ2v) is 4.74. The first kappa shape index (κ1) is 12.6. The number of aryl methyl sites for hydroxylation is 1. The van der Waals surface area contributed by atoms with E-state index in [1.54, 1.807) is 6.07 Å². The Morgan fingerprint density at radius 2 is 1.80 bits per heavy atom. The third-order valence-electron chi connectivity index (χ3n) is 2.97. The highest BCUT2D eigenvalue weighted by molar-refractivity contribution is 7.71. The molecule has 0 N–H and O–H groups in total. The van der Waals surface area contributed by atoms with Crippen molar-refractivity contribution in [1.29, 1.82) is 0 Å². The van der Waals surface area contributed by atoms with Crippen molar-refractivity contribution in [3.05, 3.63) is 64.6 Å². The number of hydrogen-bond acceptors (Lipinski definition) is 4. The molecule has 1 heterocycles. The van der Waals surface area contributed by atoms with Crippen LogP contribution in [0, 0.1) is 11.8 Å². The average molecular weight is 285 g/mol. The van der Waals surface area contributed by atoms with Crippen molar-refractivity contribution < 1.29 is 13.8 Å². The van der Waals surface area contributed by atoms with Crippen LogP contribution in [-0.2, 0) is 0 Å². The summed E-state index contributed by atoms with van der Waals surface area (Å²) in [4.78, 5) is 13.1. The maximum Gasteiger partial charge on any atom is 0.409 e. The Morgan fingerprint density at radius 1 is 1.10 bits per heavy atom. The Morgan fingerprint density at radius 3 is 2.45 bits per heavy atom. The Balaban J connectivity index is 2.13. The second-order valence-electron chi connectivity index (χ2n) is 4.41. The predicted octanol–water partition coefficient (Wildman–Crippen LogP) is 4.07. The minimum Gasteiger partial charge on any atom is -0.288 e. The first-order valence-electron chi connectivity index (χ1n) is 6.05. The molecule has 0 fully saturated rings. The van der Waals surface area contributed by atoms with Crippen LogP contribution >= 0.6 is 12.2 Å². The Labute approximate surface area is 120 Å². The van der Waals surface area contributed by atoms with Gasteiger partial charge in [0, 0.05) is 17.1 Å². The highest BCUT2D eigenvalue weighted by Crippen LogP contribution is 2.25. The van der Waals surface area contributed by atoms with E-state index >= 15 is 0 Å². The summed E-state index contributed by atoms with van der Waals surface area (Å²) in [5, 5.41) is 0. The Hall–Kier alpha value is -2.40. The molecule has 100 valence electrons. The van der Waals surface area contributed by atoms with Gasteiger partial charge in [0.05, 0.1) is 5.56 Å². The van der Waals surface area contributed by atoms with E-state index < -0.39 is 0 Å². The quantitative estimate of drug-likeness (QED) is 0.666. The number of aromatic nitrogens is 1.